The van der Waals surface area contributed by atoms with Crippen LogP contribution in [0.4, 0.5) is 10.1 Å². The first-order valence-corrected chi connectivity index (χ1v) is 11.9. The molecule has 2 aromatic carbocycles. The molecule has 0 unspecified atom stereocenters. The van der Waals surface area contributed by atoms with Gasteiger partial charge in [-0.25, -0.2) is 8.70 Å². The Morgan fingerprint density at radius 2 is 1.76 bits per heavy atom. The number of rotatable bonds is 9. The number of carbonyl (C=O) groups excluding carboxylic acids is 2. The summed E-state index contributed by atoms with van der Waals surface area (Å²) in [4.78, 5) is 26.9. The van der Waals surface area contributed by atoms with Crippen LogP contribution in [-0.4, -0.2) is 63.2 Å². The molecule has 0 saturated heterocycles. The Bertz CT molecular complexity index is 1130. The van der Waals surface area contributed by atoms with E-state index in [2.05, 4.69) is 5.32 Å². The Balaban J connectivity index is 2.50. The van der Waals surface area contributed by atoms with Crippen LogP contribution in [0.3, 0.4) is 0 Å². The molecule has 0 spiro atoms. The zero-order valence-electron chi connectivity index (χ0n) is 18.5. The summed E-state index contributed by atoms with van der Waals surface area (Å²) >= 11 is 12.2. The van der Waals surface area contributed by atoms with Crippen LogP contribution in [0.25, 0.3) is 0 Å². The first-order chi connectivity index (χ1) is 15.4. The van der Waals surface area contributed by atoms with E-state index < -0.39 is 40.4 Å². The summed E-state index contributed by atoms with van der Waals surface area (Å²) in [6.07, 6.45) is 0. The number of benzene rings is 2. The molecule has 1 atom stereocenters. The smallest absolute Gasteiger partial charge is 0.304 e. The van der Waals surface area contributed by atoms with Gasteiger partial charge < -0.3 is 10.2 Å². The summed E-state index contributed by atoms with van der Waals surface area (Å²) in [5, 5.41) is 3.13. The average molecular weight is 519 g/mol. The van der Waals surface area contributed by atoms with E-state index in [9.17, 15) is 22.4 Å². The molecular formula is C21H25Cl2FN4O4S. The van der Waals surface area contributed by atoms with Crippen molar-refractivity contribution in [3.05, 3.63) is 63.9 Å². The van der Waals surface area contributed by atoms with Gasteiger partial charge in [-0.05, 0) is 36.8 Å². The minimum atomic E-state index is -4.25. The molecule has 0 aliphatic carbocycles. The van der Waals surface area contributed by atoms with Crippen molar-refractivity contribution in [1.82, 2.24) is 14.5 Å². The first-order valence-electron chi connectivity index (χ1n) is 9.79. The van der Waals surface area contributed by atoms with Crippen LogP contribution in [0.2, 0.25) is 10.0 Å². The quantitative estimate of drug-likeness (QED) is 0.552. The molecule has 12 heteroatoms. The zero-order chi connectivity index (χ0) is 24.9. The number of amides is 2. The van der Waals surface area contributed by atoms with Gasteiger partial charge >= 0.3 is 10.2 Å². The second-order valence-electron chi connectivity index (χ2n) is 7.30. The highest BCUT2D eigenvalue weighted by Crippen LogP contribution is 2.26. The van der Waals surface area contributed by atoms with Gasteiger partial charge in [0.05, 0.1) is 5.69 Å². The number of para-hydroxylation sites is 1. The van der Waals surface area contributed by atoms with Crippen LogP contribution in [0, 0.1) is 5.82 Å². The summed E-state index contributed by atoms with van der Waals surface area (Å²) in [5.41, 5.74) is 0.203. The molecule has 0 radical (unpaired) electrons. The van der Waals surface area contributed by atoms with Crippen molar-refractivity contribution in [2.24, 2.45) is 0 Å². The van der Waals surface area contributed by atoms with E-state index in [4.69, 9.17) is 23.2 Å². The van der Waals surface area contributed by atoms with Crippen LogP contribution in [0.1, 0.15) is 12.5 Å². The lowest BCUT2D eigenvalue weighted by molar-refractivity contribution is -0.139. The van der Waals surface area contributed by atoms with E-state index in [1.54, 1.807) is 12.1 Å². The van der Waals surface area contributed by atoms with Gasteiger partial charge in [0.15, 0.2) is 0 Å². The number of hydrogen-bond acceptors (Lipinski definition) is 4. The van der Waals surface area contributed by atoms with E-state index >= 15 is 0 Å². The normalized spacial score (nSPS) is 12.4. The molecule has 0 aliphatic rings. The van der Waals surface area contributed by atoms with Crippen molar-refractivity contribution in [1.29, 1.82) is 0 Å². The molecule has 0 bridgehead atoms. The van der Waals surface area contributed by atoms with Crippen LogP contribution in [0.15, 0.2) is 42.5 Å². The Hall–Kier alpha value is -2.40. The van der Waals surface area contributed by atoms with Gasteiger partial charge in [-0.3, -0.25) is 9.59 Å². The summed E-state index contributed by atoms with van der Waals surface area (Å²) in [7, 11) is -0.291. The Kier molecular flexibility index (Phi) is 9.07. The van der Waals surface area contributed by atoms with Crippen molar-refractivity contribution < 1.29 is 22.4 Å². The lowest BCUT2D eigenvalue weighted by Gasteiger charge is -2.32. The zero-order valence-corrected chi connectivity index (χ0v) is 20.9. The molecule has 0 heterocycles. The molecule has 0 fully saturated rings. The number of anilines is 1. The lowest BCUT2D eigenvalue weighted by atomic mass is 10.1. The topological polar surface area (TPSA) is 90.0 Å². The number of hydrogen-bond donors (Lipinski definition) is 1. The van der Waals surface area contributed by atoms with Gasteiger partial charge in [0.25, 0.3) is 0 Å². The van der Waals surface area contributed by atoms with Gasteiger partial charge in [-0.15, -0.1) is 0 Å². The van der Waals surface area contributed by atoms with Gasteiger partial charge in [-0.2, -0.15) is 12.7 Å². The predicted octanol–water partition coefficient (Wildman–Crippen LogP) is 2.91. The third kappa shape index (κ3) is 6.35. The minimum absolute atomic E-state index is 0.101. The molecular weight excluding hydrogens is 494 g/mol. The van der Waals surface area contributed by atoms with Crippen LogP contribution >= 0.6 is 23.2 Å². The number of likely N-dealkylation sites (N-methyl/N-ethyl adjacent to an activating group) is 1. The maximum atomic E-state index is 14.5. The largest absolute Gasteiger partial charge is 0.357 e. The maximum absolute atomic E-state index is 14.5. The Morgan fingerprint density at radius 1 is 1.12 bits per heavy atom. The Morgan fingerprint density at radius 3 is 2.30 bits per heavy atom. The predicted molar refractivity (Wildman–Crippen MR) is 127 cm³/mol. The van der Waals surface area contributed by atoms with Gasteiger partial charge in [-0.1, -0.05) is 41.4 Å². The van der Waals surface area contributed by atoms with E-state index in [0.29, 0.717) is 14.9 Å². The highest BCUT2D eigenvalue weighted by molar-refractivity contribution is 7.90. The molecule has 2 rings (SSSR count). The highest BCUT2D eigenvalue weighted by atomic mass is 35.5. The number of nitrogens with one attached hydrogen (secondary N) is 1. The molecule has 180 valence electrons. The fourth-order valence-electron chi connectivity index (χ4n) is 2.98. The SMILES string of the molecule is CNC(=O)[C@@H](C)N(Cc1ccc(Cl)cc1Cl)C(=O)CN(c1ccccc1F)S(=O)(=O)N(C)C. The summed E-state index contributed by atoms with van der Waals surface area (Å²) < 4.78 is 42.0. The molecule has 2 amide bonds. The molecule has 8 nitrogen and oxygen atoms in total. The third-order valence-electron chi connectivity index (χ3n) is 4.91. The van der Waals surface area contributed by atoms with Crippen molar-refractivity contribution >= 4 is 50.9 Å². The maximum Gasteiger partial charge on any atom is 0.304 e. The van der Waals surface area contributed by atoms with E-state index in [1.807, 2.05) is 0 Å². The van der Waals surface area contributed by atoms with Crippen molar-refractivity contribution in [3.8, 4) is 0 Å². The molecule has 0 aromatic heterocycles. The van der Waals surface area contributed by atoms with E-state index in [0.717, 1.165) is 10.4 Å². The van der Waals surface area contributed by atoms with Crippen LogP contribution < -0.4 is 9.62 Å². The van der Waals surface area contributed by atoms with Crippen molar-refractivity contribution in [3.63, 3.8) is 0 Å². The van der Waals surface area contributed by atoms with E-state index in [1.165, 1.54) is 57.2 Å². The number of halogens is 3. The second-order valence-corrected chi connectivity index (χ2v) is 10.2. The molecule has 33 heavy (non-hydrogen) atoms. The Labute approximate surface area is 203 Å². The fraction of sp³-hybridized carbons (Fsp3) is 0.333. The second kappa shape index (κ2) is 11.1. The molecule has 1 N–H and O–H groups in total. The van der Waals surface area contributed by atoms with E-state index in [-0.39, 0.29) is 17.3 Å². The van der Waals surface area contributed by atoms with Crippen LogP contribution in [0.5, 0.6) is 0 Å². The number of nitrogens with zero attached hydrogens (tertiary/aromatic N) is 3. The van der Waals surface area contributed by atoms with Crippen molar-refractivity contribution in [2.75, 3.05) is 32.0 Å². The lowest BCUT2D eigenvalue weighted by Crippen LogP contribution is -2.52. The summed E-state index contributed by atoms with van der Waals surface area (Å²) in [6, 6.07) is 8.92. The van der Waals surface area contributed by atoms with Gasteiger partial charge in [0.1, 0.15) is 18.4 Å². The van der Waals surface area contributed by atoms with Gasteiger partial charge in [0.2, 0.25) is 11.8 Å². The first kappa shape index (κ1) is 26.8. The van der Waals surface area contributed by atoms with Crippen LogP contribution in [-0.2, 0) is 26.3 Å². The standard InChI is InChI=1S/C21H25Cl2FN4O4S/c1-14(21(30)25-2)27(12-15-9-10-16(22)11-17(15)23)20(29)13-28(33(31,32)26(3)4)19-8-6-5-7-18(19)24/h5-11,14H,12-13H2,1-4H3,(H,25,30)/t14-/m1/s1. The van der Waals surface area contributed by atoms with Gasteiger partial charge in [0, 0.05) is 37.7 Å². The molecule has 0 saturated carbocycles. The molecule has 2 aromatic rings. The monoisotopic (exact) mass is 518 g/mol. The number of carbonyl (C=O) groups is 2. The van der Waals surface area contributed by atoms with Crippen molar-refractivity contribution in [2.45, 2.75) is 19.5 Å². The minimum Gasteiger partial charge on any atom is -0.357 e. The summed E-state index contributed by atoms with van der Waals surface area (Å²) in [5.74, 6) is -2.02. The third-order valence-corrected chi connectivity index (χ3v) is 7.30. The molecule has 0 aliphatic heterocycles. The fourth-order valence-corrected chi connectivity index (χ4v) is 4.51. The summed E-state index contributed by atoms with van der Waals surface area (Å²) in [6.45, 7) is 0.652. The average Bonchev–Trinajstić information content (AvgIpc) is 2.76. The highest BCUT2D eigenvalue weighted by Gasteiger charge is 2.33.